The molecule has 110 valence electrons. The Labute approximate surface area is 129 Å². The summed E-state index contributed by atoms with van der Waals surface area (Å²) in [5, 5.41) is 3.04. The van der Waals surface area contributed by atoms with Crippen molar-refractivity contribution in [2.45, 2.75) is 52.1 Å². The molecule has 2 rings (SSSR count). The molecule has 4 heteroatoms. The molecule has 0 aliphatic heterocycles. The SMILES string of the molecule is Cc1cc(Br)cc(C)c1CNC(=O)C[C@@H]1CCC[C@H]1N. The van der Waals surface area contributed by atoms with Gasteiger partial charge in [0.1, 0.15) is 0 Å². The van der Waals surface area contributed by atoms with Gasteiger partial charge in [0.05, 0.1) is 0 Å². The summed E-state index contributed by atoms with van der Waals surface area (Å²) in [5.74, 6) is 0.483. The maximum absolute atomic E-state index is 12.0. The maximum Gasteiger partial charge on any atom is 0.220 e. The zero-order valence-corrected chi connectivity index (χ0v) is 13.8. The number of hydrogen-bond donors (Lipinski definition) is 2. The molecule has 0 radical (unpaired) electrons. The molecular formula is C16H23BrN2O. The first kappa shape index (κ1) is 15.5. The highest BCUT2D eigenvalue weighted by molar-refractivity contribution is 9.10. The van der Waals surface area contributed by atoms with E-state index in [0.29, 0.717) is 18.9 Å². The number of aryl methyl sites for hydroxylation is 2. The molecule has 1 fully saturated rings. The number of carbonyl (C=O) groups excluding carboxylic acids is 1. The molecule has 0 aromatic heterocycles. The molecule has 0 unspecified atom stereocenters. The summed E-state index contributed by atoms with van der Waals surface area (Å²) in [5.41, 5.74) is 9.63. The third kappa shape index (κ3) is 3.83. The van der Waals surface area contributed by atoms with Crippen LogP contribution in [0, 0.1) is 19.8 Å². The monoisotopic (exact) mass is 338 g/mol. The van der Waals surface area contributed by atoms with Gasteiger partial charge in [0.15, 0.2) is 0 Å². The lowest BCUT2D eigenvalue weighted by atomic mass is 9.99. The van der Waals surface area contributed by atoms with Crippen LogP contribution in [0.2, 0.25) is 0 Å². The first-order valence-electron chi connectivity index (χ1n) is 7.25. The van der Waals surface area contributed by atoms with Gasteiger partial charge in [-0.1, -0.05) is 22.4 Å². The molecule has 1 amide bonds. The molecule has 1 saturated carbocycles. The average Bonchev–Trinajstić information content (AvgIpc) is 2.73. The van der Waals surface area contributed by atoms with E-state index in [-0.39, 0.29) is 11.9 Å². The summed E-state index contributed by atoms with van der Waals surface area (Å²) in [6.07, 6.45) is 3.87. The molecule has 1 aromatic rings. The van der Waals surface area contributed by atoms with Crippen molar-refractivity contribution in [2.24, 2.45) is 11.7 Å². The Kier molecular flexibility index (Phi) is 5.22. The molecule has 1 aliphatic carbocycles. The van der Waals surface area contributed by atoms with Crippen molar-refractivity contribution < 1.29 is 4.79 Å². The Morgan fingerprint density at radius 1 is 1.35 bits per heavy atom. The van der Waals surface area contributed by atoms with Crippen molar-refractivity contribution in [1.29, 1.82) is 0 Å². The third-order valence-corrected chi connectivity index (χ3v) is 4.75. The Morgan fingerprint density at radius 2 is 2.00 bits per heavy atom. The van der Waals surface area contributed by atoms with Crippen molar-refractivity contribution in [3.8, 4) is 0 Å². The molecule has 0 spiro atoms. The number of carbonyl (C=O) groups is 1. The third-order valence-electron chi connectivity index (χ3n) is 4.29. The molecule has 3 N–H and O–H groups in total. The Bertz CT molecular complexity index is 478. The highest BCUT2D eigenvalue weighted by Gasteiger charge is 2.25. The van der Waals surface area contributed by atoms with Crippen LogP contribution < -0.4 is 11.1 Å². The van der Waals surface area contributed by atoms with E-state index in [1.807, 2.05) is 0 Å². The van der Waals surface area contributed by atoms with Gasteiger partial charge in [0.2, 0.25) is 5.91 Å². The topological polar surface area (TPSA) is 55.1 Å². The highest BCUT2D eigenvalue weighted by Crippen LogP contribution is 2.26. The van der Waals surface area contributed by atoms with Crippen LogP contribution in [-0.4, -0.2) is 11.9 Å². The van der Waals surface area contributed by atoms with Gasteiger partial charge in [-0.15, -0.1) is 0 Å². The van der Waals surface area contributed by atoms with E-state index >= 15 is 0 Å². The number of nitrogens with two attached hydrogens (primary N) is 1. The van der Waals surface area contributed by atoms with Gasteiger partial charge < -0.3 is 11.1 Å². The van der Waals surface area contributed by atoms with Crippen LogP contribution in [0.1, 0.15) is 42.4 Å². The lowest BCUT2D eigenvalue weighted by Gasteiger charge is -2.16. The van der Waals surface area contributed by atoms with E-state index in [9.17, 15) is 4.79 Å². The highest BCUT2D eigenvalue weighted by atomic mass is 79.9. The van der Waals surface area contributed by atoms with Crippen molar-refractivity contribution in [2.75, 3.05) is 0 Å². The Hall–Kier alpha value is -0.870. The van der Waals surface area contributed by atoms with Crippen LogP contribution in [0.5, 0.6) is 0 Å². The minimum absolute atomic E-state index is 0.120. The van der Waals surface area contributed by atoms with Crippen LogP contribution in [0.15, 0.2) is 16.6 Å². The summed E-state index contributed by atoms with van der Waals surface area (Å²) >= 11 is 3.49. The standard InChI is InChI=1S/C16H23BrN2O/c1-10-6-13(17)7-11(2)14(10)9-19-16(20)8-12-4-3-5-15(12)18/h6-7,12,15H,3-5,8-9,18H2,1-2H3,(H,19,20)/t12-,15+/m0/s1. The van der Waals surface area contributed by atoms with Gasteiger partial charge in [-0.3, -0.25) is 4.79 Å². The van der Waals surface area contributed by atoms with Crippen molar-refractivity contribution in [1.82, 2.24) is 5.32 Å². The van der Waals surface area contributed by atoms with Crippen LogP contribution in [0.4, 0.5) is 0 Å². The second-order valence-corrected chi connectivity index (χ2v) is 6.77. The Morgan fingerprint density at radius 3 is 2.55 bits per heavy atom. The minimum Gasteiger partial charge on any atom is -0.352 e. The number of amides is 1. The first-order valence-corrected chi connectivity index (χ1v) is 8.04. The number of halogens is 1. The smallest absolute Gasteiger partial charge is 0.220 e. The molecule has 20 heavy (non-hydrogen) atoms. The maximum atomic E-state index is 12.0. The average molecular weight is 339 g/mol. The van der Waals surface area contributed by atoms with Crippen LogP contribution in [0.3, 0.4) is 0 Å². The summed E-state index contributed by atoms with van der Waals surface area (Å²) in [6.45, 7) is 4.75. The second-order valence-electron chi connectivity index (χ2n) is 5.85. The minimum atomic E-state index is 0.120. The predicted molar refractivity (Wildman–Crippen MR) is 85.4 cm³/mol. The van der Waals surface area contributed by atoms with Gasteiger partial charge in [0.25, 0.3) is 0 Å². The fraction of sp³-hybridized carbons (Fsp3) is 0.562. The molecule has 1 aliphatic rings. The fourth-order valence-electron chi connectivity index (χ4n) is 3.04. The zero-order valence-electron chi connectivity index (χ0n) is 12.2. The summed E-state index contributed by atoms with van der Waals surface area (Å²) in [4.78, 5) is 12.0. The van der Waals surface area contributed by atoms with Crippen LogP contribution in [0.25, 0.3) is 0 Å². The van der Waals surface area contributed by atoms with E-state index in [4.69, 9.17) is 5.73 Å². The van der Waals surface area contributed by atoms with E-state index in [0.717, 1.165) is 23.7 Å². The number of benzene rings is 1. The number of rotatable bonds is 4. The van der Waals surface area contributed by atoms with Crippen molar-refractivity contribution >= 4 is 21.8 Å². The van der Waals surface area contributed by atoms with Gasteiger partial charge in [-0.25, -0.2) is 0 Å². The molecule has 3 nitrogen and oxygen atoms in total. The van der Waals surface area contributed by atoms with E-state index in [1.54, 1.807) is 0 Å². The van der Waals surface area contributed by atoms with Crippen molar-refractivity contribution in [3.63, 3.8) is 0 Å². The van der Waals surface area contributed by atoms with Gasteiger partial charge in [-0.05, 0) is 61.4 Å². The molecule has 0 heterocycles. The molecule has 0 saturated heterocycles. The zero-order chi connectivity index (χ0) is 14.7. The first-order chi connectivity index (χ1) is 9.47. The second kappa shape index (κ2) is 6.72. The summed E-state index contributed by atoms with van der Waals surface area (Å²) in [7, 11) is 0. The molecule has 0 bridgehead atoms. The Balaban J connectivity index is 1.90. The number of nitrogens with one attached hydrogen (secondary N) is 1. The fourth-order valence-corrected chi connectivity index (χ4v) is 3.72. The normalized spacial score (nSPS) is 22.0. The largest absolute Gasteiger partial charge is 0.352 e. The van der Waals surface area contributed by atoms with E-state index in [2.05, 4.69) is 47.2 Å². The van der Waals surface area contributed by atoms with E-state index in [1.165, 1.54) is 16.7 Å². The lowest BCUT2D eigenvalue weighted by Crippen LogP contribution is -2.31. The number of hydrogen-bond acceptors (Lipinski definition) is 2. The van der Waals surface area contributed by atoms with Crippen LogP contribution >= 0.6 is 15.9 Å². The van der Waals surface area contributed by atoms with Gasteiger partial charge in [-0.2, -0.15) is 0 Å². The summed E-state index contributed by atoms with van der Waals surface area (Å²) < 4.78 is 1.08. The van der Waals surface area contributed by atoms with Gasteiger partial charge in [0, 0.05) is 23.5 Å². The summed E-state index contributed by atoms with van der Waals surface area (Å²) in [6, 6.07) is 4.37. The van der Waals surface area contributed by atoms with Gasteiger partial charge >= 0.3 is 0 Å². The lowest BCUT2D eigenvalue weighted by molar-refractivity contribution is -0.122. The van der Waals surface area contributed by atoms with Crippen molar-refractivity contribution in [3.05, 3.63) is 33.3 Å². The van der Waals surface area contributed by atoms with E-state index < -0.39 is 0 Å². The molecule has 1 aromatic carbocycles. The molecular weight excluding hydrogens is 316 g/mol. The predicted octanol–water partition coefficient (Wildman–Crippen LogP) is 3.20. The quantitative estimate of drug-likeness (QED) is 0.885. The molecule has 2 atom stereocenters. The van der Waals surface area contributed by atoms with Crippen LogP contribution in [-0.2, 0) is 11.3 Å².